The zero-order valence-electron chi connectivity index (χ0n) is 11.0. The summed E-state index contributed by atoms with van der Waals surface area (Å²) in [6.07, 6.45) is 3.99. The van der Waals surface area contributed by atoms with E-state index in [9.17, 15) is 0 Å². The van der Waals surface area contributed by atoms with Crippen LogP contribution in [0.4, 0.5) is 0 Å². The molecule has 0 aliphatic heterocycles. The van der Waals surface area contributed by atoms with Crippen LogP contribution in [0, 0.1) is 0 Å². The van der Waals surface area contributed by atoms with Crippen molar-refractivity contribution in [1.82, 2.24) is 20.0 Å². The maximum atomic E-state index is 5.21. The van der Waals surface area contributed by atoms with Crippen molar-refractivity contribution < 1.29 is 4.52 Å². The Kier molecular flexibility index (Phi) is 4.52. The summed E-state index contributed by atoms with van der Waals surface area (Å²) >= 11 is 0. The van der Waals surface area contributed by atoms with Gasteiger partial charge in [-0.1, -0.05) is 19.0 Å². The molecule has 0 bridgehead atoms. The molecule has 0 atom stereocenters. The predicted molar refractivity (Wildman–Crippen MR) is 69.2 cm³/mol. The number of nitrogens with zero attached hydrogens (tertiary/aromatic N) is 3. The standard InChI is InChI=1S/C13H20N4O/c1-3-7-14-9-11-6-5-8-17(11)10-13-15-12(4-2)16-18-13/h5-6,8,14H,3-4,7,9-10H2,1-2H3. The maximum Gasteiger partial charge on any atom is 0.246 e. The molecule has 1 N–H and O–H groups in total. The summed E-state index contributed by atoms with van der Waals surface area (Å²) in [7, 11) is 0. The van der Waals surface area contributed by atoms with E-state index in [1.165, 1.54) is 5.69 Å². The lowest BCUT2D eigenvalue weighted by Gasteiger charge is -2.07. The molecule has 5 heteroatoms. The molecule has 0 radical (unpaired) electrons. The lowest BCUT2D eigenvalue weighted by Crippen LogP contribution is -2.17. The van der Waals surface area contributed by atoms with Crippen LogP contribution in [-0.2, 0) is 19.5 Å². The molecule has 0 saturated carbocycles. The van der Waals surface area contributed by atoms with E-state index in [1.54, 1.807) is 0 Å². The Labute approximate surface area is 107 Å². The minimum absolute atomic E-state index is 0.642. The van der Waals surface area contributed by atoms with E-state index in [-0.39, 0.29) is 0 Å². The molecule has 0 aliphatic rings. The molecule has 0 spiro atoms. The molecule has 0 aromatic carbocycles. The smallest absolute Gasteiger partial charge is 0.246 e. The molecular weight excluding hydrogens is 228 g/mol. The molecule has 18 heavy (non-hydrogen) atoms. The van der Waals surface area contributed by atoms with Gasteiger partial charge in [0, 0.05) is 24.9 Å². The van der Waals surface area contributed by atoms with Gasteiger partial charge in [0.2, 0.25) is 5.89 Å². The highest BCUT2D eigenvalue weighted by molar-refractivity contribution is 5.08. The van der Waals surface area contributed by atoms with Crippen LogP contribution in [0.2, 0.25) is 0 Å². The summed E-state index contributed by atoms with van der Waals surface area (Å²) in [5.41, 5.74) is 1.24. The molecule has 98 valence electrons. The number of nitrogens with one attached hydrogen (secondary N) is 1. The molecule has 5 nitrogen and oxygen atoms in total. The maximum absolute atomic E-state index is 5.21. The molecule has 0 amide bonds. The van der Waals surface area contributed by atoms with Gasteiger partial charge in [-0.3, -0.25) is 0 Å². The summed E-state index contributed by atoms with van der Waals surface area (Å²) in [6.45, 7) is 6.73. The third-order valence-electron chi connectivity index (χ3n) is 2.79. The highest BCUT2D eigenvalue weighted by Crippen LogP contribution is 2.07. The Morgan fingerprint density at radius 2 is 2.28 bits per heavy atom. The van der Waals surface area contributed by atoms with Crippen molar-refractivity contribution >= 4 is 0 Å². The summed E-state index contributed by atoms with van der Waals surface area (Å²) in [5.74, 6) is 1.43. The molecule has 2 aromatic rings. The van der Waals surface area contributed by atoms with Gasteiger partial charge in [-0.2, -0.15) is 4.98 Å². The fourth-order valence-electron chi connectivity index (χ4n) is 1.80. The Balaban J connectivity index is 1.98. The number of rotatable bonds is 7. The van der Waals surface area contributed by atoms with Crippen LogP contribution in [0.5, 0.6) is 0 Å². The lowest BCUT2D eigenvalue weighted by atomic mass is 10.4. The third kappa shape index (κ3) is 3.20. The minimum atomic E-state index is 0.642. The van der Waals surface area contributed by atoms with Crippen LogP contribution in [0.1, 0.15) is 37.7 Å². The fraction of sp³-hybridized carbons (Fsp3) is 0.538. The normalized spacial score (nSPS) is 11.0. The number of hydrogen-bond donors (Lipinski definition) is 1. The van der Waals surface area contributed by atoms with E-state index in [0.717, 1.165) is 31.8 Å². The monoisotopic (exact) mass is 248 g/mol. The summed E-state index contributed by atoms with van der Waals surface area (Å²) in [5, 5.41) is 7.30. The lowest BCUT2D eigenvalue weighted by molar-refractivity contribution is 0.365. The Morgan fingerprint density at radius 1 is 1.39 bits per heavy atom. The average Bonchev–Trinajstić information content (AvgIpc) is 3.00. The quantitative estimate of drug-likeness (QED) is 0.761. The van der Waals surface area contributed by atoms with E-state index in [4.69, 9.17) is 4.52 Å². The largest absolute Gasteiger partial charge is 0.341 e. The van der Waals surface area contributed by atoms with Gasteiger partial charge in [0.05, 0.1) is 0 Å². The number of hydrogen-bond acceptors (Lipinski definition) is 4. The van der Waals surface area contributed by atoms with Gasteiger partial charge < -0.3 is 14.4 Å². The van der Waals surface area contributed by atoms with Gasteiger partial charge in [0.25, 0.3) is 0 Å². The first-order valence-corrected chi connectivity index (χ1v) is 6.49. The van der Waals surface area contributed by atoms with Crippen molar-refractivity contribution in [3.05, 3.63) is 35.7 Å². The van der Waals surface area contributed by atoms with E-state index >= 15 is 0 Å². The van der Waals surface area contributed by atoms with Gasteiger partial charge in [0.15, 0.2) is 5.82 Å². The topological polar surface area (TPSA) is 55.9 Å². The highest BCUT2D eigenvalue weighted by Gasteiger charge is 2.07. The van der Waals surface area contributed by atoms with Crippen LogP contribution in [0.3, 0.4) is 0 Å². The second kappa shape index (κ2) is 6.35. The van der Waals surface area contributed by atoms with E-state index in [0.29, 0.717) is 12.4 Å². The second-order valence-corrected chi connectivity index (χ2v) is 4.26. The Hall–Kier alpha value is -1.62. The summed E-state index contributed by atoms with van der Waals surface area (Å²) in [4.78, 5) is 4.32. The van der Waals surface area contributed by atoms with Crippen LogP contribution in [-0.4, -0.2) is 21.3 Å². The minimum Gasteiger partial charge on any atom is -0.341 e. The van der Waals surface area contributed by atoms with Gasteiger partial charge in [-0.05, 0) is 25.1 Å². The van der Waals surface area contributed by atoms with E-state index < -0.39 is 0 Å². The second-order valence-electron chi connectivity index (χ2n) is 4.26. The molecule has 0 saturated heterocycles. The predicted octanol–water partition coefficient (Wildman–Crippen LogP) is 1.98. The first-order valence-electron chi connectivity index (χ1n) is 6.49. The number of aryl methyl sites for hydroxylation is 1. The summed E-state index contributed by atoms with van der Waals surface area (Å²) < 4.78 is 7.34. The third-order valence-corrected chi connectivity index (χ3v) is 2.79. The summed E-state index contributed by atoms with van der Waals surface area (Å²) in [6, 6.07) is 4.15. The van der Waals surface area contributed by atoms with Crippen molar-refractivity contribution in [2.24, 2.45) is 0 Å². The van der Waals surface area contributed by atoms with Crippen molar-refractivity contribution in [2.45, 2.75) is 39.8 Å². The molecule has 0 fully saturated rings. The average molecular weight is 248 g/mol. The first-order chi connectivity index (χ1) is 8.83. The van der Waals surface area contributed by atoms with Crippen LogP contribution in [0.15, 0.2) is 22.9 Å². The Morgan fingerprint density at radius 3 is 3.00 bits per heavy atom. The van der Waals surface area contributed by atoms with Crippen molar-refractivity contribution in [2.75, 3.05) is 6.54 Å². The molecule has 0 aliphatic carbocycles. The van der Waals surface area contributed by atoms with Crippen molar-refractivity contribution in [1.29, 1.82) is 0 Å². The molecular formula is C13H20N4O. The van der Waals surface area contributed by atoms with Crippen LogP contribution in [0.25, 0.3) is 0 Å². The zero-order chi connectivity index (χ0) is 12.8. The molecule has 2 heterocycles. The van der Waals surface area contributed by atoms with Gasteiger partial charge in [-0.15, -0.1) is 0 Å². The SMILES string of the molecule is CCCNCc1cccn1Cc1nc(CC)no1. The van der Waals surface area contributed by atoms with Gasteiger partial charge in [-0.25, -0.2) is 0 Å². The fourth-order valence-corrected chi connectivity index (χ4v) is 1.80. The Bertz CT molecular complexity index is 475. The molecule has 2 rings (SSSR count). The molecule has 0 unspecified atom stereocenters. The van der Waals surface area contributed by atoms with Crippen LogP contribution < -0.4 is 5.32 Å². The number of aromatic nitrogens is 3. The van der Waals surface area contributed by atoms with Crippen molar-refractivity contribution in [3.63, 3.8) is 0 Å². The highest BCUT2D eigenvalue weighted by atomic mass is 16.5. The zero-order valence-corrected chi connectivity index (χ0v) is 11.0. The van der Waals surface area contributed by atoms with E-state index in [1.807, 2.05) is 19.2 Å². The van der Waals surface area contributed by atoms with Gasteiger partial charge >= 0.3 is 0 Å². The first kappa shape index (κ1) is 12.8. The van der Waals surface area contributed by atoms with E-state index in [2.05, 4.69) is 33.0 Å². The van der Waals surface area contributed by atoms with Gasteiger partial charge in [0.1, 0.15) is 6.54 Å². The van der Waals surface area contributed by atoms with Crippen LogP contribution >= 0.6 is 0 Å². The molecule has 2 aromatic heterocycles. The van der Waals surface area contributed by atoms with Crippen molar-refractivity contribution in [3.8, 4) is 0 Å².